The molecular weight excluding hydrogens is 196 g/mol. The lowest BCUT2D eigenvalue weighted by molar-refractivity contribution is -0.128. The largest absolute Gasteiger partial charge is 0.389 e. The van der Waals surface area contributed by atoms with Crippen molar-refractivity contribution in [2.75, 3.05) is 20.1 Å². The van der Waals surface area contributed by atoms with Crippen molar-refractivity contribution >= 4 is 11.8 Å². The lowest BCUT2D eigenvalue weighted by Gasteiger charge is -2.19. The first-order valence-electron chi connectivity index (χ1n) is 5.03. The molecule has 86 valence electrons. The zero-order chi connectivity index (χ0) is 11.6. The van der Waals surface area contributed by atoms with E-state index in [-0.39, 0.29) is 30.7 Å². The maximum absolute atomic E-state index is 11.6. The minimum Gasteiger partial charge on any atom is -0.389 e. The van der Waals surface area contributed by atoms with Gasteiger partial charge in [0.25, 0.3) is 0 Å². The van der Waals surface area contributed by atoms with E-state index in [4.69, 9.17) is 0 Å². The molecule has 0 aromatic rings. The fourth-order valence-corrected chi connectivity index (χ4v) is 1.49. The van der Waals surface area contributed by atoms with Crippen molar-refractivity contribution in [2.45, 2.75) is 25.9 Å². The van der Waals surface area contributed by atoms with E-state index in [9.17, 15) is 14.7 Å². The van der Waals surface area contributed by atoms with Gasteiger partial charge >= 0.3 is 0 Å². The number of hydrogen-bond acceptors (Lipinski definition) is 3. The predicted molar refractivity (Wildman–Crippen MR) is 55.1 cm³/mol. The van der Waals surface area contributed by atoms with Crippen LogP contribution in [0.1, 0.15) is 20.3 Å². The number of nitrogens with one attached hydrogen (secondary N) is 1. The van der Waals surface area contributed by atoms with Gasteiger partial charge in [0.1, 0.15) is 0 Å². The van der Waals surface area contributed by atoms with E-state index in [0.29, 0.717) is 6.54 Å². The van der Waals surface area contributed by atoms with Gasteiger partial charge in [-0.15, -0.1) is 0 Å². The van der Waals surface area contributed by atoms with Crippen LogP contribution >= 0.6 is 0 Å². The van der Waals surface area contributed by atoms with E-state index >= 15 is 0 Å². The number of amides is 2. The number of hydrogen-bond donors (Lipinski definition) is 2. The molecule has 1 saturated heterocycles. The van der Waals surface area contributed by atoms with Gasteiger partial charge in [0.05, 0.1) is 11.5 Å². The van der Waals surface area contributed by atoms with E-state index < -0.39 is 5.60 Å². The molecule has 0 aromatic heterocycles. The summed E-state index contributed by atoms with van der Waals surface area (Å²) in [5.74, 6) is -0.432. The summed E-state index contributed by atoms with van der Waals surface area (Å²) < 4.78 is 0. The Morgan fingerprint density at radius 2 is 2.27 bits per heavy atom. The zero-order valence-electron chi connectivity index (χ0n) is 9.41. The molecule has 0 aliphatic carbocycles. The van der Waals surface area contributed by atoms with Gasteiger partial charge in [-0.3, -0.25) is 9.59 Å². The maximum Gasteiger partial charge on any atom is 0.225 e. The topological polar surface area (TPSA) is 69.6 Å². The molecule has 0 bridgehead atoms. The molecule has 2 amide bonds. The summed E-state index contributed by atoms with van der Waals surface area (Å²) in [6.07, 6.45) is 0.272. The molecule has 1 aliphatic rings. The third kappa shape index (κ3) is 3.51. The molecule has 1 aliphatic heterocycles. The second-order valence-electron chi connectivity index (χ2n) is 4.71. The van der Waals surface area contributed by atoms with Crippen LogP contribution in [0.25, 0.3) is 0 Å². The van der Waals surface area contributed by atoms with Gasteiger partial charge in [0.15, 0.2) is 0 Å². The molecule has 0 aromatic carbocycles. The molecular formula is C10H18N2O3. The highest BCUT2D eigenvalue weighted by molar-refractivity contribution is 5.89. The number of aliphatic hydroxyl groups is 1. The van der Waals surface area contributed by atoms with E-state index in [2.05, 4.69) is 5.32 Å². The van der Waals surface area contributed by atoms with E-state index in [1.54, 1.807) is 25.8 Å². The highest BCUT2D eigenvalue weighted by Gasteiger charge is 2.32. The van der Waals surface area contributed by atoms with Gasteiger partial charge in [-0.05, 0) is 13.8 Å². The summed E-state index contributed by atoms with van der Waals surface area (Å²) in [5.41, 5.74) is -0.913. The van der Waals surface area contributed by atoms with Gasteiger partial charge in [0.2, 0.25) is 11.8 Å². The van der Waals surface area contributed by atoms with Crippen LogP contribution in [0.3, 0.4) is 0 Å². The minimum atomic E-state index is -0.913. The average Bonchev–Trinajstić information content (AvgIpc) is 2.42. The molecule has 5 nitrogen and oxygen atoms in total. The summed E-state index contributed by atoms with van der Waals surface area (Å²) in [7, 11) is 1.69. The number of nitrogens with zero attached hydrogens (tertiary/aromatic N) is 1. The standard InChI is InChI=1S/C10H18N2O3/c1-10(2,15)6-11-9(14)7-4-8(13)12(3)5-7/h7,15H,4-6H2,1-3H3,(H,11,14). The Balaban J connectivity index is 2.39. The normalized spacial score (nSPS) is 22.0. The highest BCUT2D eigenvalue weighted by Crippen LogP contribution is 2.15. The quantitative estimate of drug-likeness (QED) is 0.656. The molecule has 1 heterocycles. The van der Waals surface area contributed by atoms with E-state index in [1.807, 2.05) is 0 Å². The molecule has 1 unspecified atom stereocenters. The molecule has 5 heteroatoms. The molecule has 2 N–H and O–H groups in total. The first kappa shape index (κ1) is 12.0. The Hall–Kier alpha value is -1.10. The van der Waals surface area contributed by atoms with Crippen molar-refractivity contribution in [3.63, 3.8) is 0 Å². The lowest BCUT2D eigenvalue weighted by atomic mass is 10.1. The molecule has 15 heavy (non-hydrogen) atoms. The Morgan fingerprint density at radius 1 is 1.67 bits per heavy atom. The average molecular weight is 214 g/mol. The summed E-state index contributed by atoms with van der Waals surface area (Å²) in [5, 5.41) is 12.1. The third-order valence-electron chi connectivity index (χ3n) is 2.41. The number of carbonyl (C=O) groups is 2. The van der Waals surface area contributed by atoms with Crippen LogP contribution in [0.4, 0.5) is 0 Å². The Bertz CT molecular complexity index is 270. The monoisotopic (exact) mass is 214 g/mol. The van der Waals surface area contributed by atoms with E-state index in [1.165, 1.54) is 0 Å². The van der Waals surface area contributed by atoms with Crippen molar-refractivity contribution in [3.8, 4) is 0 Å². The van der Waals surface area contributed by atoms with Crippen LogP contribution in [0.15, 0.2) is 0 Å². The summed E-state index contributed by atoms with van der Waals surface area (Å²) in [6, 6.07) is 0. The van der Waals surface area contributed by atoms with Gasteiger partial charge < -0.3 is 15.3 Å². The van der Waals surface area contributed by atoms with Gasteiger partial charge in [-0.1, -0.05) is 0 Å². The van der Waals surface area contributed by atoms with Crippen LogP contribution in [0.2, 0.25) is 0 Å². The molecule has 0 radical (unpaired) electrons. The Morgan fingerprint density at radius 3 is 2.67 bits per heavy atom. The van der Waals surface area contributed by atoms with Gasteiger partial charge in [0, 0.05) is 26.6 Å². The molecule has 1 fully saturated rings. The van der Waals surface area contributed by atoms with Crippen LogP contribution in [0.5, 0.6) is 0 Å². The zero-order valence-corrected chi connectivity index (χ0v) is 9.41. The predicted octanol–water partition coefficient (Wildman–Crippen LogP) is -0.648. The smallest absolute Gasteiger partial charge is 0.225 e. The fourth-order valence-electron chi connectivity index (χ4n) is 1.49. The van der Waals surface area contributed by atoms with Crippen molar-refractivity contribution in [2.24, 2.45) is 5.92 Å². The van der Waals surface area contributed by atoms with Crippen molar-refractivity contribution in [3.05, 3.63) is 0 Å². The molecule has 1 atom stereocenters. The highest BCUT2D eigenvalue weighted by atomic mass is 16.3. The Kier molecular flexibility index (Phi) is 3.34. The van der Waals surface area contributed by atoms with Crippen molar-refractivity contribution in [1.29, 1.82) is 0 Å². The van der Waals surface area contributed by atoms with Crippen LogP contribution in [-0.2, 0) is 9.59 Å². The minimum absolute atomic E-state index is 0.00147. The summed E-state index contributed by atoms with van der Waals surface area (Å²) in [6.45, 7) is 3.93. The van der Waals surface area contributed by atoms with Crippen LogP contribution < -0.4 is 5.32 Å². The van der Waals surface area contributed by atoms with Gasteiger partial charge in [-0.25, -0.2) is 0 Å². The molecule has 1 rings (SSSR count). The molecule has 0 saturated carbocycles. The number of likely N-dealkylation sites (tertiary alicyclic amines) is 1. The third-order valence-corrected chi connectivity index (χ3v) is 2.41. The van der Waals surface area contributed by atoms with E-state index in [0.717, 1.165) is 0 Å². The fraction of sp³-hybridized carbons (Fsp3) is 0.800. The Labute approximate surface area is 89.4 Å². The summed E-state index contributed by atoms with van der Waals surface area (Å²) >= 11 is 0. The van der Waals surface area contributed by atoms with Crippen molar-refractivity contribution < 1.29 is 14.7 Å². The SMILES string of the molecule is CN1CC(C(=O)NCC(C)(C)O)CC1=O. The summed E-state index contributed by atoms with van der Waals surface area (Å²) in [4.78, 5) is 24.3. The van der Waals surface area contributed by atoms with Crippen molar-refractivity contribution in [1.82, 2.24) is 10.2 Å². The maximum atomic E-state index is 11.6. The van der Waals surface area contributed by atoms with Crippen LogP contribution in [0, 0.1) is 5.92 Å². The van der Waals surface area contributed by atoms with Crippen LogP contribution in [-0.4, -0.2) is 47.6 Å². The van der Waals surface area contributed by atoms with Gasteiger partial charge in [-0.2, -0.15) is 0 Å². The second-order valence-corrected chi connectivity index (χ2v) is 4.71. The first-order valence-corrected chi connectivity index (χ1v) is 5.03. The first-order chi connectivity index (χ1) is 6.79. The number of carbonyl (C=O) groups excluding carboxylic acids is 2. The lowest BCUT2D eigenvalue weighted by Crippen LogP contribution is -2.41. The molecule has 0 spiro atoms. The second kappa shape index (κ2) is 4.18. The number of rotatable bonds is 3.